The lowest BCUT2D eigenvalue weighted by Crippen LogP contribution is -2.51. The van der Waals surface area contributed by atoms with Crippen LogP contribution < -0.4 is 0 Å². The summed E-state index contributed by atoms with van der Waals surface area (Å²) in [5.41, 5.74) is 0.886. The van der Waals surface area contributed by atoms with Crippen molar-refractivity contribution in [2.45, 2.75) is 31.1 Å². The van der Waals surface area contributed by atoms with Crippen LogP contribution in [0.4, 0.5) is 0 Å². The van der Waals surface area contributed by atoms with E-state index in [9.17, 15) is 8.42 Å². The van der Waals surface area contributed by atoms with Gasteiger partial charge < -0.3 is 4.74 Å². The van der Waals surface area contributed by atoms with Gasteiger partial charge in [-0.05, 0) is 26.3 Å². The Bertz CT molecular complexity index is 604. The zero-order valence-corrected chi connectivity index (χ0v) is 14.3. The van der Waals surface area contributed by atoms with E-state index >= 15 is 0 Å². The number of likely N-dealkylation sites (tertiary alicyclic amines) is 1. The molecule has 1 aromatic heterocycles. The number of piperidine rings is 1. The molecule has 0 unspecified atom stereocenters. The van der Waals surface area contributed by atoms with Crippen molar-refractivity contribution in [3.05, 3.63) is 24.3 Å². The highest BCUT2D eigenvalue weighted by molar-refractivity contribution is 7.89. The predicted octanol–water partition coefficient (Wildman–Crippen LogP) is 0.664. The first-order valence-corrected chi connectivity index (χ1v) is 9.66. The SMILES string of the molecule is C[C@H](c1cnccn1)N1CCC[C@@H](S(=O)(=O)N2CCOCC2)C1. The highest BCUT2D eigenvalue weighted by Crippen LogP contribution is 2.27. The number of nitrogens with zero attached hydrogens (tertiary/aromatic N) is 4. The van der Waals surface area contributed by atoms with Crippen molar-refractivity contribution in [1.29, 1.82) is 0 Å². The molecule has 0 saturated carbocycles. The summed E-state index contributed by atoms with van der Waals surface area (Å²) >= 11 is 0. The van der Waals surface area contributed by atoms with Gasteiger partial charge in [-0.1, -0.05) is 0 Å². The Morgan fingerprint density at radius 1 is 1.26 bits per heavy atom. The van der Waals surface area contributed by atoms with Crippen LogP contribution in [-0.2, 0) is 14.8 Å². The summed E-state index contributed by atoms with van der Waals surface area (Å²) in [6.45, 7) is 5.44. The fraction of sp³-hybridized carbons (Fsp3) is 0.733. The van der Waals surface area contributed by atoms with E-state index in [1.165, 1.54) is 0 Å². The minimum absolute atomic E-state index is 0.0754. The average Bonchev–Trinajstić information content (AvgIpc) is 2.62. The second kappa shape index (κ2) is 7.21. The van der Waals surface area contributed by atoms with Crippen LogP contribution in [0, 0.1) is 0 Å². The lowest BCUT2D eigenvalue weighted by atomic mass is 10.1. The molecule has 2 aliphatic heterocycles. The molecule has 0 amide bonds. The number of morpholine rings is 1. The topological polar surface area (TPSA) is 75.6 Å². The van der Waals surface area contributed by atoms with Gasteiger partial charge in [0.1, 0.15) is 0 Å². The fourth-order valence-electron chi connectivity index (χ4n) is 3.29. The van der Waals surface area contributed by atoms with Crippen LogP contribution in [0.2, 0.25) is 0 Å². The molecule has 2 fully saturated rings. The van der Waals surface area contributed by atoms with E-state index in [1.54, 1.807) is 22.9 Å². The van der Waals surface area contributed by atoms with Gasteiger partial charge in [0.2, 0.25) is 10.0 Å². The van der Waals surface area contributed by atoms with Gasteiger partial charge in [-0.25, -0.2) is 8.42 Å². The van der Waals surface area contributed by atoms with Crippen molar-refractivity contribution in [2.24, 2.45) is 0 Å². The fourth-order valence-corrected chi connectivity index (χ4v) is 5.21. The zero-order valence-electron chi connectivity index (χ0n) is 13.5. The molecule has 0 bridgehead atoms. The van der Waals surface area contributed by atoms with Crippen molar-refractivity contribution in [2.75, 3.05) is 39.4 Å². The molecule has 0 aromatic carbocycles. The first kappa shape index (κ1) is 16.8. The van der Waals surface area contributed by atoms with E-state index in [4.69, 9.17) is 4.74 Å². The summed E-state index contributed by atoms with van der Waals surface area (Å²) in [7, 11) is -3.26. The number of ether oxygens (including phenoxy) is 1. The predicted molar refractivity (Wildman–Crippen MR) is 86.4 cm³/mol. The van der Waals surface area contributed by atoms with Crippen LogP contribution in [0.3, 0.4) is 0 Å². The second-order valence-electron chi connectivity index (χ2n) is 6.12. The molecule has 3 rings (SSSR count). The number of aromatic nitrogens is 2. The molecule has 0 N–H and O–H groups in total. The molecular weight excluding hydrogens is 316 g/mol. The summed E-state index contributed by atoms with van der Waals surface area (Å²) in [5.74, 6) is 0. The van der Waals surface area contributed by atoms with Gasteiger partial charge in [0.15, 0.2) is 0 Å². The molecule has 0 spiro atoms. The summed E-state index contributed by atoms with van der Waals surface area (Å²) in [6.07, 6.45) is 6.70. The Morgan fingerprint density at radius 3 is 2.74 bits per heavy atom. The Balaban J connectivity index is 1.70. The average molecular weight is 340 g/mol. The van der Waals surface area contributed by atoms with Crippen molar-refractivity contribution in [3.8, 4) is 0 Å². The van der Waals surface area contributed by atoms with Gasteiger partial charge in [-0.15, -0.1) is 0 Å². The Labute approximate surface area is 137 Å². The van der Waals surface area contributed by atoms with E-state index in [1.807, 2.05) is 0 Å². The lowest BCUT2D eigenvalue weighted by molar-refractivity contribution is 0.0716. The number of hydrogen-bond donors (Lipinski definition) is 0. The molecule has 23 heavy (non-hydrogen) atoms. The highest BCUT2D eigenvalue weighted by atomic mass is 32.2. The van der Waals surface area contributed by atoms with E-state index < -0.39 is 10.0 Å². The minimum atomic E-state index is -3.26. The summed E-state index contributed by atoms with van der Waals surface area (Å²) in [4.78, 5) is 10.7. The van der Waals surface area contributed by atoms with Gasteiger partial charge in [0.25, 0.3) is 0 Å². The molecule has 2 aliphatic rings. The van der Waals surface area contributed by atoms with Crippen LogP contribution in [0.25, 0.3) is 0 Å². The third-order valence-electron chi connectivity index (χ3n) is 4.72. The summed E-state index contributed by atoms with van der Waals surface area (Å²) in [6, 6.07) is 0.0754. The van der Waals surface area contributed by atoms with E-state index in [0.29, 0.717) is 32.8 Å². The standard InChI is InChI=1S/C15H24N4O3S/c1-13(15-11-16-4-5-17-15)18-6-2-3-14(12-18)23(20,21)19-7-9-22-10-8-19/h4-5,11,13-14H,2-3,6-10,12H2,1H3/t13-,14-/m1/s1. The maximum Gasteiger partial charge on any atom is 0.218 e. The Morgan fingerprint density at radius 2 is 2.04 bits per heavy atom. The molecular formula is C15H24N4O3S. The maximum absolute atomic E-state index is 12.9. The van der Waals surface area contributed by atoms with Gasteiger partial charge in [0, 0.05) is 38.2 Å². The molecule has 3 heterocycles. The second-order valence-corrected chi connectivity index (χ2v) is 8.33. The van der Waals surface area contributed by atoms with Gasteiger partial charge in [-0.2, -0.15) is 4.31 Å². The molecule has 0 aliphatic carbocycles. The van der Waals surface area contributed by atoms with Crippen LogP contribution in [-0.4, -0.2) is 72.2 Å². The summed E-state index contributed by atoms with van der Waals surface area (Å²) < 4.78 is 32.6. The minimum Gasteiger partial charge on any atom is -0.379 e. The van der Waals surface area contributed by atoms with Crippen molar-refractivity contribution in [1.82, 2.24) is 19.2 Å². The molecule has 128 valence electrons. The molecule has 7 nitrogen and oxygen atoms in total. The third kappa shape index (κ3) is 3.71. The first-order valence-electron chi connectivity index (χ1n) is 8.15. The molecule has 0 radical (unpaired) electrons. The van der Waals surface area contributed by atoms with Crippen LogP contribution in [0.1, 0.15) is 31.5 Å². The van der Waals surface area contributed by atoms with Crippen LogP contribution >= 0.6 is 0 Å². The molecule has 1 aromatic rings. The number of sulfonamides is 1. The smallest absolute Gasteiger partial charge is 0.218 e. The first-order chi connectivity index (χ1) is 11.1. The van der Waals surface area contributed by atoms with Gasteiger partial charge >= 0.3 is 0 Å². The Hall–Kier alpha value is -1.09. The summed E-state index contributed by atoms with van der Waals surface area (Å²) in [5, 5.41) is -0.339. The lowest BCUT2D eigenvalue weighted by Gasteiger charge is -2.38. The zero-order chi connectivity index (χ0) is 16.3. The largest absolute Gasteiger partial charge is 0.379 e. The van der Waals surface area contributed by atoms with Crippen LogP contribution in [0.15, 0.2) is 18.6 Å². The number of rotatable bonds is 4. The monoisotopic (exact) mass is 340 g/mol. The van der Waals surface area contributed by atoms with Gasteiger partial charge in [0.05, 0.1) is 30.2 Å². The van der Waals surface area contributed by atoms with E-state index in [2.05, 4.69) is 21.8 Å². The number of hydrogen-bond acceptors (Lipinski definition) is 6. The van der Waals surface area contributed by atoms with E-state index in [-0.39, 0.29) is 11.3 Å². The Kier molecular flexibility index (Phi) is 5.25. The highest BCUT2D eigenvalue weighted by Gasteiger charge is 2.37. The van der Waals surface area contributed by atoms with Crippen molar-refractivity contribution < 1.29 is 13.2 Å². The third-order valence-corrected chi connectivity index (χ3v) is 7.03. The van der Waals surface area contributed by atoms with Gasteiger partial charge in [-0.3, -0.25) is 14.9 Å². The van der Waals surface area contributed by atoms with Crippen LogP contribution in [0.5, 0.6) is 0 Å². The van der Waals surface area contributed by atoms with Crippen molar-refractivity contribution >= 4 is 10.0 Å². The maximum atomic E-state index is 12.9. The van der Waals surface area contributed by atoms with Crippen molar-refractivity contribution in [3.63, 3.8) is 0 Å². The normalized spacial score (nSPS) is 26.0. The quantitative estimate of drug-likeness (QED) is 0.802. The molecule has 2 saturated heterocycles. The molecule has 8 heteroatoms. The van der Waals surface area contributed by atoms with E-state index in [0.717, 1.165) is 25.1 Å². The molecule has 2 atom stereocenters.